The molecule has 0 aromatic rings. The number of ether oxygens (including phenoxy) is 3. The molecule has 3 aliphatic rings. The normalized spacial score (nSPS) is 27.0. The summed E-state index contributed by atoms with van der Waals surface area (Å²) in [5, 5.41) is 0. The molecule has 202 valence electrons. The molecule has 0 radical (unpaired) electrons. The van der Waals surface area contributed by atoms with Gasteiger partial charge in [0.25, 0.3) is 0 Å². The molecule has 2 saturated heterocycles. The average molecular weight is 530 g/mol. The van der Waals surface area contributed by atoms with Crippen molar-refractivity contribution < 1.29 is 23.8 Å². The lowest BCUT2D eigenvalue weighted by atomic mass is 9.84. The van der Waals surface area contributed by atoms with Gasteiger partial charge in [0.1, 0.15) is 11.3 Å². The van der Waals surface area contributed by atoms with Crippen LogP contribution in [0.2, 0.25) is 0 Å². The first kappa shape index (κ1) is 29.0. The zero-order valence-corrected chi connectivity index (χ0v) is 24.4. The zero-order valence-electron chi connectivity index (χ0n) is 22.7. The van der Waals surface area contributed by atoms with Gasteiger partial charge < -0.3 is 14.2 Å². The molecule has 2 heterocycles. The highest BCUT2D eigenvalue weighted by Crippen LogP contribution is 2.48. The minimum Gasteiger partial charge on any atom is -0.464 e. The first-order chi connectivity index (χ1) is 16.5. The van der Waals surface area contributed by atoms with Crippen LogP contribution < -0.4 is 0 Å². The number of carbonyl (C=O) groups is 2. The maximum absolute atomic E-state index is 13.4. The smallest absolute Gasteiger partial charge is 0.412 e. The van der Waals surface area contributed by atoms with Gasteiger partial charge in [-0.05, 0) is 91.1 Å². The van der Waals surface area contributed by atoms with E-state index in [1.54, 1.807) is 23.5 Å². The predicted octanol–water partition coefficient (Wildman–Crippen LogP) is 7.00. The van der Waals surface area contributed by atoms with E-state index in [1.165, 1.54) is 32.1 Å². The molecule has 2 aliphatic heterocycles. The summed E-state index contributed by atoms with van der Waals surface area (Å²) in [7, 11) is 0. The summed E-state index contributed by atoms with van der Waals surface area (Å²) in [5.74, 6) is 2.55. The Kier molecular flexibility index (Phi) is 10.2. The van der Waals surface area contributed by atoms with Gasteiger partial charge in [0.2, 0.25) is 0 Å². The second kappa shape index (κ2) is 12.3. The van der Waals surface area contributed by atoms with Crippen LogP contribution in [-0.4, -0.2) is 62.6 Å². The molecular weight excluding hydrogens is 482 g/mol. The van der Waals surface area contributed by atoms with Crippen molar-refractivity contribution >= 4 is 35.6 Å². The number of amides is 1. The standard InChI is InChI=1S/C27H47NO5S2/c1-7-31-23(29)27(34-18-11-19-35-27)17-16-22-21(15-14-20-12-9-8-10-13-20)28(26(5,6)32-22)24(30)33-25(2,3)4/h20-22H,7-19H2,1-6H3. The number of hydrogen-bond donors (Lipinski definition) is 0. The van der Waals surface area contributed by atoms with Gasteiger partial charge in [-0.15, -0.1) is 23.5 Å². The van der Waals surface area contributed by atoms with Crippen LogP contribution in [0.15, 0.2) is 0 Å². The first-order valence-corrected chi connectivity index (χ1v) is 15.6. The van der Waals surface area contributed by atoms with Crippen LogP contribution >= 0.6 is 23.5 Å². The molecular formula is C27H47NO5S2. The number of rotatable bonds is 8. The topological polar surface area (TPSA) is 65.1 Å². The molecule has 0 spiro atoms. The SMILES string of the molecule is CCOC(=O)C1(CCC2OC(C)(C)N(C(=O)OC(C)(C)C)C2CCC2CCCCC2)SCCCS1. The predicted molar refractivity (Wildman–Crippen MR) is 145 cm³/mol. The Morgan fingerprint density at radius 3 is 2.26 bits per heavy atom. The molecule has 0 aromatic carbocycles. The summed E-state index contributed by atoms with van der Waals surface area (Å²) >= 11 is 3.44. The van der Waals surface area contributed by atoms with E-state index in [2.05, 4.69) is 0 Å². The van der Waals surface area contributed by atoms with Crippen LogP contribution in [0.1, 0.15) is 106 Å². The Balaban J connectivity index is 1.78. The molecule has 35 heavy (non-hydrogen) atoms. The minimum atomic E-state index is -0.756. The number of carbonyl (C=O) groups excluding carboxylic acids is 2. The van der Waals surface area contributed by atoms with Crippen molar-refractivity contribution in [2.75, 3.05) is 18.1 Å². The van der Waals surface area contributed by atoms with Gasteiger partial charge in [0, 0.05) is 0 Å². The molecule has 2 unspecified atom stereocenters. The third-order valence-electron chi connectivity index (χ3n) is 7.27. The lowest BCUT2D eigenvalue weighted by Crippen LogP contribution is -2.50. The van der Waals surface area contributed by atoms with Crippen LogP contribution in [-0.2, 0) is 19.0 Å². The molecule has 3 rings (SSSR count). The van der Waals surface area contributed by atoms with Gasteiger partial charge in [-0.25, -0.2) is 9.59 Å². The molecule has 2 atom stereocenters. The summed E-state index contributed by atoms with van der Waals surface area (Å²) in [6, 6.07) is -0.0559. The van der Waals surface area contributed by atoms with E-state index in [0.29, 0.717) is 13.0 Å². The largest absolute Gasteiger partial charge is 0.464 e. The van der Waals surface area contributed by atoms with Crippen LogP contribution in [0.5, 0.6) is 0 Å². The Morgan fingerprint density at radius 1 is 1.00 bits per heavy atom. The zero-order chi connectivity index (χ0) is 25.7. The summed E-state index contributed by atoms with van der Waals surface area (Å²) in [6.07, 6.45) is 10.6. The molecule has 0 aromatic heterocycles. The Bertz CT molecular complexity index is 711. The molecule has 1 aliphatic carbocycles. The van der Waals surface area contributed by atoms with E-state index in [0.717, 1.165) is 43.1 Å². The fourth-order valence-electron chi connectivity index (χ4n) is 5.70. The number of esters is 1. The third kappa shape index (κ3) is 7.70. The fraction of sp³-hybridized carbons (Fsp3) is 0.926. The lowest BCUT2D eigenvalue weighted by Gasteiger charge is -2.36. The van der Waals surface area contributed by atoms with Crippen LogP contribution in [0.3, 0.4) is 0 Å². The summed E-state index contributed by atoms with van der Waals surface area (Å²) in [4.78, 5) is 28.2. The molecule has 1 saturated carbocycles. The lowest BCUT2D eigenvalue weighted by molar-refractivity contribution is -0.143. The van der Waals surface area contributed by atoms with Crippen molar-refractivity contribution in [3.05, 3.63) is 0 Å². The minimum absolute atomic E-state index is 0.0559. The third-order valence-corrected chi connectivity index (χ3v) is 10.6. The van der Waals surface area contributed by atoms with Crippen LogP contribution in [0, 0.1) is 5.92 Å². The quantitative estimate of drug-likeness (QED) is 0.314. The summed E-state index contributed by atoms with van der Waals surface area (Å²) < 4.78 is 17.3. The van der Waals surface area contributed by atoms with Crippen molar-refractivity contribution in [2.24, 2.45) is 5.92 Å². The molecule has 6 nitrogen and oxygen atoms in total. The second-order valence-electron chi connectivity index (χ2n) is 11.7. The van der Waals surface area contributed by atoms with E-state index < -0.39 is 15.4 Å². The molecule has 0 N–H and O–H groups in total. The Labute approximate surface area is 221 Å². The van der Waals surface area contributed by atoms with Crippen molar-refractivity contribution in [3.63, 3.8) is 0 Å². The maximum atomic E-state index is 13.4. The summed E-state index contributed by atoms with van der Waals surface area (Å²) in [6.45, 7) is 11.9. The highest BCUT2D eigenvalue weighted by molar-refractivity contribution is 8.19. The van der Waals surface area contributed by atoms with Crippen molar-refractivity contribution in [1.82, 2.24) is 4.90 Å². The van der Waals surface area contributed by atoms with Crippen molar-refractivity contribution in [1.29, 1.82) is 0 Å². The van der Waals surface area contributed by atoms with Gasteiger partial charge in [0.15, 0.2) is 4.08 Å². The molecule has 8 heteroatoms. The van der Waals surface area contributed by atoms with Gasteiger partial charge in [-0.1, -0.05) is 32.1 Å². The van der Waals surface area contributed by atoms with Crippen LogP contribution in [0.4, 0.5) is 4.79 Å². The molecule has 1 amide bonds. The summed E-state index contributed by atoms with van der Waals surface area (Å²) in [5.41, 5.74) is -1.32. The Hall–Kier alpha value is -0.600. The Morgan fingerprint density at radius 2 is 1.66 bits per heavy atom. The van der Waals surface area contributed by atoms with E-state index >= 15 is 0 Å². The van der Waals surface area contributed by atoms with Crippen molar-refractivity contribution in [3.8, 4) is 0 Å². The highest BCUT2D eigenvalue weighted by atomic mass is 32.2. The van der Waals surface area contributed by atoms with E-state index in [-0.39, 0.29) is 24.2 Å². The van der Waals surface area contributed by atoms with Gasteiger partial charge in [0.05, 0.1) is 18.8 Å². The fourth-order valence-corrected chi connectivity index (χ4v) is 8.83. The van der Waals surface area contributed by atoms with Gasteiger partial charge >= 0.3 is 12.1 Å². The van der Waals surface area contributed by atoms with Gasteiger partial charge in [-0.3, -0.25) is 4.90 Å². The first-order valence-electron chi connectivity index (χ1n) is 13.6. The number of hydrogen-bond acceptors (Lipinski definition) is 7. The van der Waals surface area contributed by atoms with Crippen molar-refractivity contribution in [2.45, 2.75) is 133 Å². The monoisotopic (exact) mass is 529 g/mol. The molecule has 0 bridgehead atoms. The van der Waals surface area contributed by atoms with Crippen LogP contribution in [0.25, 0.3) is 0 Å². The maximum Gasteiger partial charge on any atom is 0.412 e. The van der Waals surface area contributed by atoms with E-state index in [1.807, 2.05) is 46.4 Å². The average Bonchev–Trinajstić information content (AvgIpc) is 3.06. The highest BCUT2D eigenvalue weighted by Gasteiger charge is 2.52. The second-order valence-corrected chi connectivity index (χ2v) is 14.7. The number of nitrogens with zero attached hydrogens (tertiary/aromatic N) is 1. The number of thioether (sulfide) groups is 2. The van der Waals surface area contributed by atoms with E-state index in [9.17, 15) is 9.59 Å². The van der Waals surface area contributed by atoms with Gasteiger partial charge in [-0.2, -0.15) is 0 Å². The van der Waals surface area contributed by atoms with E-state index in [4.69, 9.17) is 14.2 Å². The molecule has 3 fully saturated rings.